The number of amides is 1. The number of piperidine rings is 1. The molecule has 156 valence electrons. The number of anilines is 1. The number of aryl methyl sites for hydroxylation is 2. The van der Waals surface area contributed by atoms with Crippen LogP contribution in [0.4, 0.5) is 5.82 Å². The fourth-order valence-corrected chi connectivity index (χ4v) is 4.44. The van der Waals surface area contributed by atoms with Crippen LogP contribution in [0.3, 0.4) is 0 Å². The Hall–Kier alpha value is -2.41. The van der Waals surface area contributed by atoms with E-state index in [1.165, 1.54) is 11.8 Å². The Morgan fingerprint density at radius 3 is 2.90 bits per heavy atom. The highest BCUT2D eigenvalue weighted by Gasteiger charge is 2.42. The number of carbonyl (C=O) groups is 1. The summed E-state index contributed by atoms with van der Waals surface area (Å²) in [4.78, 5) is 23.6. The van der Waals surface area contributed by atoms with Crippen molar-refractivity contribution >= 4 is 11.7 Å². The molecule has 4 rings (SSSR count). The van der Waals surface area contributed by atoms with Crippen molar-refractivity contribution in [2.24, 2.45) is 0 Å². The summed E-state index contributed by atoms with van der Waals surface area (Å²) in [5.41, 5.74) is 1.17. The summed E-state index contributed by atoms with van der Waals surface area (Å²) < 4.78 is 11.6. The Morgan fingerprint density at radius 2 is 2.17 bits per heavy atom. The van der Waals surface area contributed by atoms with E-state index in [0.29, 0.717) is 12.3 Å². The lowest BCUT2D eigenvalue weighted by Crippen LogP contribution is -2.45. The predicted molar refractivity (Wildman–Crippen MR) is 110 cm³/mol. The minimum atomic E-state index is -0.183. The minimum absolute atomic E-state index is 0.0659. The molecule has 0 bridgehead atoms. The van der Waals surface area contributed by atoms with E-state index in [1.807, 2.05) is 13.1 Å². The van der Waals surface area contributed by atoms with Crippen molar-refractivity contribution in [1.29, 1.82) is 0 Å². The van der Waals surface area contributed by atoms with Crippen LogP contribution < -0.4 is 10.2 Å². The molecule has 1 atom stereocenters. The molecular weight excluding hydrogens is 368 g/mol. The van der Waals surface area contributed by atoms with E-state index in [1.54, 1.807) is 12.1 Å². The zero-order chi connectivity index (χ0) is 20.3. The van der Waals surface area contributed by atoms with Gasteiger partial charge in [-0.3, -0.25) is 4.79 Å². The molecule has 4 heterocycles. The molecule has 1 N–H and O–H groups in total. The van der Waals surface area contributed by atoms with Gasteiger partial charge in [0, 0.05) is 31.4 Å². The number of nitrogens with zero attached hydrogens (tertiary/aromatic N) is 3. The molecular formula is C22H30N4O3. The molecule has 2 aliphatic heterocycles. The van der Waals surface area contributed by atoms with Gasteiger partial charge in [0.15, 0.2) is 5.76 Å². The van der Waals surface area contributed by atoms with Crippen molar-refractivity contribution in [2.75, 3.05) is 24.5 Å². The highest BCUT2D eigenvalue weighted by Crippen LogP contribution is 2.39. The van der Waals surface area contributed by atoms with Crippen molar-refractivity contribution in [3.05, 3.63) is 41.7 Å². The molecule has 1 spiro atoms. The lowest BCUT2D eigenvalue weighted by Gasteiger charge is -2.40. The monoisotopic (exact) mass is 398 g/mol. The third kappa shape index (κ3) is 4.45. The van der Waals surface area contributed by atoms with Gasteiger partial charge in [-0.1, -0.05) is 13.3 Å². The molecule has 7 nitrogen and oxygen atoms in total. The number of hydrogen-bond donors (Lipinski definition) is 1. The largest absolute Gasteiger partial charge is 0.459 e. The van der Waals surface area contributed by atoms with Crippen LogP contribution in [0.2, 0.25) is 0 Å². The van der Waals surface area contributed by atoms with Gasteiger partial charge < -0.3 is 19.4 Å². The van der Waals surface area contributed by atoms with E-state index in [2.05, 4.69) is 22.1 Å². The van der Waals surface area contributed by atoms with E-state index in [0.717, 1.165) is 63.3 Å². The van der Waals surface area contributed by atoms with Crippen LogP contribution in [0.1, 0.15) is 61.0 Å². The van der Waals surface area contributed by atoms with E-state index in [-0.39, 0.29) is 17.6 Å². The number of rotatable bonds is 6. The van der Waals surface area contributed by atoms with E-state index in [4.69, 9.17) is 14.1 Å². The second-order valence-electron chi connectivity index (χ2n) is 8.15. The molecule has 7 heteroatoms. The molecule has 1 amide bonds. The number of carbonyl (C=O) groups excluding carboxylic acids is 1. The zero-order valence-corrected chi connectivity index (χ0v) is 17.3. The number of ether oxygens (including phenoxy) is 1. The summed E-state index contributed by atoms with van der Waals surface area (Å²) in [6, 6.07) is 3.39. The van der Waals surface area contributed by atoms with Gasteiger partial charge in [-0.05, 0) is 51.2 Å². The van der Waals surface area contributed by atoms with Crippen molar-refractivity contribution < 1.29 is 13.9 Å². The normalized spacial score (nSPS) is 20.9. The van der Waals surface area contributed by atoms with Gasteiger partial charge in [-0.15, -0.1) is 0 Å². The van der Waals surface area contributed by atoms with Gasteiger partial charge in [-0.2, -0.15) is 0 Å². The Labute approximate surface area is 171 Å². The highest BCUT2D eigenvalue weighted by atomic mass is 16.5. The Kier molecular flexibility index (Phi) is 5.85. The maximum atomic E-state index is 12.1. The number of hydrogen-bond acceptors (Lipinski definition) is 6. The molecule has 2 aromatic heterocycles. The van der Waals surface area contributed by atoms with Crippen LogP contribution in [0.25, 0.3) is 0 Å². The SMILES string of the molecule is CCCc1cnc(C)nc1N1CCC2(CCC(CNC(=O)c3ccco3)O2)CC1. The fraction of sp³-hybridized carbons (Fsp3) is 0.591. The fourth-order valence-electron chi connectivity index (χ4n) is 4.44. The number of furan rings is 1. The zero-order valence-electron chi connectivity index (χ0n) is 17.3. The van der Waals surface area contributed by atoms with E-state index >= 15 is 0 Å². The van der Waals surface area contributed by atoms with Crippen LogP contribution in [0, 0.1) is 6.92 Å². The van der Waals surface area contributed by atoms with Crippen molar-refractivity contribution in [3.8, 4) is 0 Å². The summed E-state index contributed by atoms with van der Waals surface area (Å²) in [6.45, 7) is 6.55. The Morgan fingerprint density at radius 1 is 1.34 bits per heavy atom. The van der Waals surface area contributed by atoms with Crippen LogP contribution in [0.15, 0.2) is 29.0 Å². The van der Waals surface area contributed by atoms with Crippen molar-refractivity contribution in [3.63, 3.8) is 0 Å². The van der Waals surface area contributed by atoms with Gasteiger partial charge >= 0.3 is 0 Å². The Balaban J connectivity index is 1.32. The lowest BCUT2D eigenvalue weighted by atomic mass is 9.88. The second kappa shape index (κ2) is 8.53. The molecule has 0 aliphatic carbocycles. The molecule has 2 fully saturated rings. The van der Waals surface area contributed by atoms with Crippen LogP contribution >= 0.6 is 0 Å². The topological polar surface area (TPSA) is 80.5 Å². The first-order valence-electron chi connectivity index (χ1n) is 10.7. The van der Waals surface area contributed by atoms with E-state index in [9.17, 15) is 4.79 Å². The standard InChI is InChI=1S/C22H30N4O3/c1-3-5-17-14-23-16(2)25-20(17)26-11-9-22(10-12-26)8-7-18(29-22)15-24-21(27)19-6-4-13-28-19/h4,6,13-14,18H,3,5,7-12,15H2,1-2H3,(H,24,27). The summed E-state index contributed by atoms with van der Waals surface area (Å²) in [7, 11) is 0. The minimum Gasteiger partial charge on any atom is -0.459 e. The molecule has 2 aliphatic rings. The van der Waals surface area contributed by atoms with Crippen molar-refractivity contribution in [1.82, 2.24) is 15.3 Å². The summed E-state index contributed by atoms with van der Waals surface area (Å²) in [5, 5.41) is 2.93. The third-order valence-corrected chi connectivity index (χ3v) is 6.03. The quantitative estimate of drug-likeness (QED) is 0.804. The first kappa shape index (κ1) is 19.9. The molecule has 0 radical (unpaired) electrons. The molecule has 0 aromatic carbocycles. The lowest BCUT2D eigenvalue weighted by molar-refractivity contribution is -0.0543. The summed E-state index contributed by atoms with van der Waals surface area (Å²) in [5.74, 6) is 2.07. The highest BCUT2D eigenvalue weighted by molar-refractivity contribution is 5.91. The van der Waals surface area contributed by atoms with E-state index < -0.39 is 0 Å². The smallest absolute Gasteiger partial charge is 0.287 e. The van der Waals surface area contributed by atoms with Crippen LogP contribution in [0.5, 0.6) is 0 Å². The average molecular weight is 399 g/mol. The van der Waals surface area contributed by atoms with Gasteiger partial charge in [0.25, 0.3) is 5.91 Å². The molecule has 0 saturated carbocycles. The molecule has 2 saturated heterocycles. The van der Waals surface area contributed by atoms with Gasteiger partial charge in [0.05, 0.1) is 18.0 Å². The van der Waals surface area contributed by atoms with Crippen LogP contribution in [-0.4, -0.2) is 47.2 Å². The predicted octanol–water partition coefficient (Wildman–Crippen LogP) is 3.28. The Bertz CT molecular complexity index is 829. The average Bonchev–Trinajstić information content (AvgIpc) is 3.39. The third-order valence-electron chi connectivity index (χ3n) is 6.03. The maximum Gasteiger partial charge on any atom is 0.287 e. The molecule has 2 aromatic rings. The van der Waals surface area contributed by atoms with Gasteiger partial charge in [-0.25, -0.2) is 9.97 Å². The summed E-state index contributed by atoms with van der Waals surface area (Å²) >= 11 is 0. The molecule has 1 unspecified atom stereocenters. The summed E-state index contributed by atoms with van der Waals surface area (Å²) in [6.07, 6.45) is 9.66. The maximum absolute atomic E-state index is 12.1. The number of nitrogens with one attached hydrogen (secondary N) is 1. The van der Waals surface area contributed by atoms with Crippen LogP contribution in [-0.2, 0) is 11.2 Å². The first-order valence-corrected chi connectivity index (χ1v) is 10.7. The number of aromatic nitrogens is 2. The van der Waals surface area contributed by atoms with Gasteiger partial charge in [0.1, 0.15) is 11.6 Å². The van der Waals surface area contributed by atoms with Gasteiger partial charge in [0.2, 0.25) is 0 Å². The second-order valence-corrected chi connectivity index (χ2v) is 8.15. The van der Waals surface area contributed by atoms with Crippen molar-refractivity contribution in [2.45, 2.75) is 64.1 Å². The molecule has 29 heavy (non-hydrogen) atoms. The first-order chi connectivity index (χ1) is 14.1.